The van der Waals surface area contributed by atoms with E-state index in [1.165, 1.54) is 0 Å². The van der Waals surface area contributed by atoms with Gasteiger partial charge in [-0.2, -0.15) is 0 Å². The van der Waals surface area contributed by atoms with Gasteiger partial charge in [0.1, 0.15) is 0 Å². The summed E-state index contributed by atoms with van der Waals surface area (Å²) in [6, 6.07) is 0. The smallest absolute Gasteiger partial charge is 0.0594 e. The van der Waals surface area contributed by atoms with Gasteiger partial charge in [0, 0.05) is 25.2 Å². The van der Waals surface area contributed by atoms with E-state index in [2.05, 4.69) is 45.3 Å². The molecule has 3 nitrogen and oxygen atoms in total. The van der Waals surface area contributed by atoms with Crippen molar-refractivity contribution in [3.05, 3.63) is 0 Å². The third kappa shape index (κ3) is 11.9. The molecule has 0 fully saturated rings. The molecule has 14 heavy (non-hydrogen) atoms. The van der Waals surface area contributed by atoms with Crippen LogP contribution in [-0.2, 0) is 4.74 Å². The Kier molecular flexibility index (Phi) is 7.15. The molecule has 0 saturated carbocycles. The van der Waals surface area contributed by atoms with Crippen LogP contribution in [0.15, 0.2) is 0 Å². The third-order valence-electron chi connectivity index (χ3n) is 1.69. The highest BCUT2D eigenvalue weighted by Crippen LogP contribution is 1.96. The second kappa shape index (κ2) is 7.21. The maximum absolute atomic E-state index is 5.41. The highest BCUT2D eigenvalue weighted by Gasteiger charge is 2.06. The van der Waals surface area contributed by atoms with Crippen molar-refractivity contribution in [2.75, 3.05) is 26.2 Å². The first kappa shape index (κ1) is 13.9. The Balaban J connectivity index is 3.07. The van der Waals surface area contributed by atoms with E-state index in [0.29, 0.717) is 6.10 Å². The van der Waals surface area contributed by atoms with Gasteiger partial charge in [0.25, 0.3) is 0 Å². The van der Waals surface area contributed by atoms with Gasteiger partial charge in [-0.25, -0.2) is 0 Å². The van der Waals surface area contributed by atoms with E-state index in [0.717, 1.165) is 26.2 Å². The van der Waals surface area contributed by atoms with Crippen LogP contribution < -0.4 is 10.6 Å². The van der Waals surface area contributed by atoms with Crippen LogP contribution in [0.1, 0.15) is 34.6 Å². The topological polar surface area (TPSA) is 33.3 Å². The summed E-state index contributed by atoms with van der Waals surface area (Å²) in [5.74, 6) is 0. The Labute approximate surface area is 88.6 Å². The fourth-order valence-corrected chi connectivity index (χ4v) is 1.02. The van der Waals surface area contributed by atoms with Crippen LogP contribution in [0.4, 0.5) is 0 Å². The van der Waals surface area contributed by atoms with Crippen LogP contribution in [-0.4, -0.2) is 37.9 Å². The molecular formula is C11H26N2O. The van der Waals surface area contributed by atoms with Crippen LogP contribution >= 0.6 is 0 Å². The number of ether oxygens (including phenoxy) is 1. The molecule has 0 aliphatic heterocycles. The van der Waals surface area contributed by atoms with Crippen LogP contribution in [0.3, 0.4) is 0 Å². The maximum atomic E-state index is 5.41. The molecule has 0 aromatic heterocycles. The molecule has 0 aromatic carbocycles. The van der Waals surface area contributed by atoms with Crippen molar-refractivity contribution in [2.24, 2.45) is 0 Å². The molecule has 2 N–H and O–H groups in total. The Morgan fingerprint density at radius 1 is 1.07 bits per heavy atom. The van der Waals surface area contributed by atoms with Crippen LogP contribution in [0.2, 0.25) is 0 Å². The molecule has 86 valence electrons. The average molecular weight is 202 g/mol. The highest BCUT2D eigenvalue weighted by molar-refractivity contribution is 4.70. The molecule has 0 atom stereocenters. The van der Waals surface area contributed by atoms with Crippen molar-refractivity contribution in [3.63, 3.8) is 0 Å². The van der Waals surface area contributed by atoms with Gasteiger partial charge in [-0.05, 0) is 34.6 Å². The Morgan fingerprint density at radius 3 is 2.21 bits per heavy atom. The summed E-state index contributed by atoms with van der Waals surface area (Å²) >= 11 is 0. The summed E-state index contributed by atoms with van der Waals surface area (Å²) in [5.41, 5.74) is 0.218. The molecule has 0 rings (SSSR count). The minimum atomic E-state index is 0.218. The van der Waals surface area contributed by atoms with Gasteiger partial charge in [0.15, 0.2) is 0 Å². The predicted molar refractivity (Wildman–Crippen MR) is 61.7 cm³/mol. The fraction of sp³-hybridized carbons (Fsp3) is 1.00. The summed E-state index contributed by atoms with van der Waals surface area (Å²) < 4.78 is 5.41. The maximum Gasteiger partial charge on any atom is 0.0594 e. The first-order valence-corrected chi connectivity index (χ1v) is 5.49. The fourth-order valence-electron chi connectivity index (χ4n) is 1.02. The molecule has 0 amide bonds. The van der Waals surface area contributed by atoms with E-state index >= 15 is 0 Å². The van der Waals surface area contributed by atoms with Crippen LogP contribution in [0.5, 0.6) is 0 Å². The largest absolute Gasteiger partial charge is 0.377 e. The monoisotopic (exact) mass is 202 g/mol. The summed E-state index contributed by atoms with van der Waals surface area (Å²) in [6.07, 6.45) is 0.338. The summed E-state index contributed by atoms with van der Waals surface area (Å²) in [5, 5.41) is 6.74. The first-order valence-electron chi connectivity index (χ1n) is 5.49. The minimum absolute atomic E-state index is 0.218. The molecule has 3 heteroatoms. The van der Waals surface area contributed by atoms with Gasteiger partial charge in [-0.1, -0.05) is 0 Å². The standard InChI is InChI=1S/C11H26N2O/c1-10(2)14-9-8-12-6-7-13-11(3,4)5/h10,12-13H,6-9H2,1-5H3. The molecule has 0 spiro atoms. The zero-order valence-electron chi connectivity index (χ0n) is 10.3. The van der Waals surface area contributed by atoms with Crippen molar-refractivity contribution in [1.82, 2.24) is 10.6 Å². The summed E-state index contributed by atoms with van der Waals surface area (Å²) in [6.45, 7) is 14.4. The van der Waals surface area contributed by atoms with Gasteiger partial charge in [0.2, 0.25) is 0 Å². The van der Waals surface area contributed by atoms with Crippen LogP contribution in [0.25, 0.3) is 0 Å². The molecule has 0 saturated heterocycles. The molecule has 0 unspecified atom stereocenters. The van der Waals surface area contributed by atoms with Crippen molar-refractivity contribution in [2.45, 2.75) is 46.3 Å². The zero-order chi connectivity index (χ0) is 11.0. The van der Waals surface area contributed by atoms with Crippen molar-refractivity contribution in [3.8, 4) is 0 Å². The lowest BCUT2D eigenvalue weighted by molar-refractivity contribution is 0.0809. The number of nitrogens with one attached hydrogen (secondary N) is 2. The number of hydrogen-bond donors (Lipinski definition) is 2. The molecule has 0 bridgehead atoms. The lowest BCUT2D eigenvalue weighted by atomic mass is 10.1. The van der Waals surface area contributed by atoms with Crippen molar-refractivity contribution < 1.29 is 4.74 Å². The molecule has 0 aliphatic rings. The van der Waals surface area contributed by atoms with E-state index in [1.54, 1.807) is 0 Å². The van der Waals surface area contributed by atoms with E-state index in [4.69, 9.17) is 4.74 Å². The number of hydrogen-bond acceptors (Lipinski definition) is 3. The molecule has 0 heterocycles. The lowest BCUT2D eigenvalue weighted by Gasteiger charge is -2.20. The molecular weight excluding hydrogens is 176 g/mol. The third-order valence-corrected chi connectivity index (χ3v) is 1.69. The van der Waals surface area contributed by atoms with Gasteiger partial charge in [-0.15, -0.1) is 0 Å². The zero-order valence-corrected chi connectivity index (χ0v) is 10.3. The second-order valence-electron chi connectivity index (χ2n) is 4.85. The normalized spacial score (nSPS) is 12.4. The van der Waals surface area contributed by atoms with E-state index in [9.17, 15) is 0 Å². The van der Waals surface area contributed by atoms with E-state index < -0.39 is 0 Å². The van der Waals surface area contributed by atoms with Gasteiger partial charge >= 0.3 is 0 Å². The summed E-state index contributed by atoms with van der Waals surface area (Å²) in [4.78, 5) is 0. The SMILES string of the molecule is CC(C)OCCNCCNC(C)(C)C. The molecule has 0 aromatic rings. The first-order chi connectivity index (χ1) is 6.42. The van der Waals surface area contributed by atoms with Crippen molar-refractivity contribution >= 4 is 0 Å². The Hall–Kier alpha value is -0.120. The Morgan fingerprint density at radius 2 is 1.71 bits per heavy atom. The van der Waals surface area contributed by atoms with Crippen LogP contribution in [0, 0.1) is 0 Å². The molecule has 0 radical (unpaired) electrons. The van der Waals surface area contributed by atoms with Crippen molar-refractivity contribution in [1.29, 1.82) is 0 Å². The van der Waals surface area contributed by atoms with Gasteiger partial charge < -0.3 is 15.4 Å². The quantitative estimate of drug-likeness (QED) is 0.612. The predicted octanol–water partition coefficient (Wildman–Crippen LogP) is 1.39. The van der Waals surface area contributed by atoms with Gasteiger partial charge in [0.05, 0.1) is 12.7 Å². The van der Waals surface area contributed by atoms with E-state index in [-0.39, 0.29) is 5.54 Å². The van der Waals surface area contributed by atoms with E-state index in [1.807, 2.05) is 0 Å². The lowest BCUT2D eigenvalue weighted by Crippen LogP contribution is -2.40. The average Bonchev–Trinajstić information content (AvgIpc) is 2.00. The second-order valence-corrected chi connectivity index (χ2v) is 4.85. The summed E-state index contributed by atoms with van der Waals surface area (Å²) in [7, 11) is 0. The minimum Gasteiger partial charge on any atom is -0.377 e. The highest BCUT2D eigenvalue weighted by atomic mass is 16.5. The Bertz CT molecular complexity index is 130. The molecule has 0 aliphatic carbocycles. The number of rotatable bonds is 7. The van der Waals surface area contributed by atoms with Gasteiger partial charge in [-0.3, -0.25) is 0 Å².